The first kappa shape index (κ1) is 5.31. The summed E-state index contributed by atoms with van der Waals surface area (Å²) in [6.07, 6.45) is 3.39. The lowest BCUT2D eigenvalue weighted by Gasteiger charge is -1.76. The molecule has 0 amide bonds. The topological polar surface area (TPSA) is 34.9 Å². The van der Waals surface area contributed by atoms with Gasteiger partial charge in [0.1, 0.15) is 11.5 Å². The SMILES string of the molecule is O=Cn1cnc(Cl)c1. The van der Waals surface area contributed by atoms with Crippen LogP contribution < -0.4 is 0 Å². The summed E-state index contributed by atoms with van der Waals surface area (Å²) in [6, 6.07) is 0. The molecular weight excluding hydrogens is 128 g/mol. The first-order valence-corrected chi connectivity index (χ1v) is 2.35. The van der Waals surface area contributed by atoms with E-state index in [-0.39, 0.29) is 0 Å². The van der Waals surface area contributed by atoms with Crippen molar-refractivity contribution in [1.82, 2.24) is 9.55 Å². The first-order valence-electron chi connectivity index (χ1n) is 1.97. The molecule has 1 aromatic heterocycles. The van der Waals surface area contributed by atoms with Crippen molar-refractivity contribution in [3.8, 4) is 0 Å². The fourth-order valence-corrected chi connectivity index (χ4v) is 0.525. The molecule has 1 aromatic rings. The third-order valence-corrected chi connectivity index (χ3v) is 0.887. The van der Waals surface area contributed by atoms with Crippen LogP contribution in [0.1, 0.15) is 0 Å². The van der Waals surface area contributed by atoms with Crippen molar-refractivity contribution < 1.29 is 4.79 Å². The average Bonchev–Trinajstić information content (AvgIpc) is 2.14. The zero-order chi connectivity index (χ0) is 5.98. The smallest absolute Gasteiger partial charge is 0.219 e. The van der Waals surface area contributed by atoms with Crippen LogP contribution in [0.15, 0.2) is 12.5 Å². The van der Waals surface area contributed by atoms with Gasteiger partial charge in [-0.05, 0) is 0 Å². The molecule has 8 heavy (non-hydrogen) atoms. The van der Waals surface area contributed by atoms with Gasteiger partial charge >= 0.3 is 0 Å². The van der Waals surface area contributed by atoms with Gasteiger partial charge in [-0.25, -0.2) is 4.98 Å². The quantitative estimate of drug-likeness (QED) is 0.521. The predicted octanol–water partition coefficient (Wildman–Crippen LogP) is 0.575. The van der Waals surface area contributed by atoms with Gasteiger partial charge in [0.25, 0.3) is 0 Å². The van der Waals surface area contributed by atoms with E-state index in [4.69, 9.17) is 11.6 Å². The van der Waals surface area contributed by atoms with Crippen LogP contribution in [0.5, 0.6) is 0 Å². The molecule has 0 aliphatic heterocycles. The van der Waals surface area contributed by atoms with Gasteiger partial charge in [0.2, 0.25) is 6.41 Å². The number of halogens is 1. The molecule has 0 saturated heterocycles. The highest BCUT2D eigenvalue weighted by Crippen LogP contribution is 1.99. The highest BCUT2D eigenvalue weighted by Gasteiger charge is 1.88. The van der Waals surface area contributed by atoms with Gasteiger partial charge in [-0.2, -0.15) is 0 Å². The molecule has 0 aromatic carbocycles. The lowest BCUT2D eigenvalue weighted by molar-refractivity contribution is 0.547. The highest BCUT2D eigenvalue weighted by molar-refractivity contribution is 6.29. The van der Waals surface area contributed by atoms with E-state index in [0.29, 0.717) is 11.6 Å². The summed E-state index contributed by atoms with van der Waals surface area (Å²) in [5.74, 6) is 0. The van der Waals surface area contributed by atoms with Crippen LogP contribution in [-0.2, 0) is 4.79 Å². The second kappa shape index (κ2) is 1.96. The number of hydrogen-bond donors (Lipinski definition) is 0. The molecule has 0 N–H and O–H groups in total. The molecule has 0 atom stereocenters. The van der Waals surface area contributed by atoms with Crippen LogP contribution in [-0.4, -0.2) is 16.0 Å². The Labute approximate surface area is 50.9 Å². The molecule has 0 bridgehead atoms. The Bertz CT molecular complexity index is 196. The molecule has 4 heteroatoms. The molecule has 0 unspecified atom stereocenters. The van der Waals surface area contributed by atoms with Gasteiger partial charge in [0, 0.05) is 0 Å². The summed E-state index contributed by atoms with van der Waals surface area (Å²) >= 11 is 5.35. The first-order chi connectivity index (χ1) is 3.83. The summed E-state index contributed by atoms with van der Waals surface area (Å²) < 4.78 is 1.24. The maximum Gasteiger partial charge on any atom is 0.219 e. The standard InChI is InChI=1S/C4H3ClN2O/c5-4-1-7(3-8)2-6-4/h1-3H. The largest absolute Gasteiger partial charge is 0.278 e. The van der Waals surface area contributed by atoms with Crippen LogP contribution in [0.25, 0.3) is 0 Å². The lowest BCUT2D eigenvalue weighted by atomic mass is 10.9. The fraction of sp³-hybridized carbons (Fsp3) is 0. The minimum Gasteiger partial charge on any atom is -0.278 e. The normalized spacial score (nSPS) is 9.12. The second-order valence-corrected chi connectivity index (χ2v) is 1.64. The maximum atomic E-state index is 9.88. The van der Waals surface area contributed by atoms with Crippen molar-refractivity contribution in [3.05, 3.63) is 17.7 Å². The van der Waals surface area contributed by atoms with E-state index in [1.165, 1.54) is 17.1 Å². The van der Waals surface area contributed by atoms with Crippen molar-refractivity contribution in [2.24, 2.45) is 0 Å². The van der Waals surface area contributed by atoms with Crippen LogP contribution in [0.2, 0.25) is 5.15 Å². The average molecular weight is 131 g/mol. The summed E-state index contributed by atoms with van der Waals surface area (Å²) in [5.41, 5.74) is 0. The number of hydrogen-bond acceptors (Lipinski definition) is 2. The van der Waals surface area contributed by atoms with Crippen molar-refractivity contribution in [3.63, 3.8) is 0 Å². The minimum absolute atomic E-state index is 0.331. The third kappa shape index (κ3) is 0.869. The summed E-state index contributed by atoms with van der Waals surface area (Å²) in [4.78, 5) is 13.5. The van der Waals surface area contributed by atoms with Crippen LogP contribution in [0.3, 0.4) is 0 Å². The Morgan fingerprint density at radius 3 is 2.88 bits per heavy atom. The Morgan fingerprint density at radius 2 is 2.62 bits per heavy atom. The summed E-state index contributed by atoms with van der Waals surface area (Å²) in [5, 5.41) is 0.331. The molecule has 42 valence electrons. The van der Waals surface area contributed by atoms with Crippen molar-refractivity contribution >= 4 is 18.0 Å². The lowest BCUT2D eigenvalue weighted by Crippen LogP contribution is -1.86. The molecule has 0 aliphatic carbocycles. The van der Waals surface area contributed by atoms with E-state index in [0.717, 1.165) is 0 Å². The van der Waals surface area contributed by atoms with Gasteiger partial charge in [-0.15, -0.1) is 0 Å². The van der Waals surface area contributed by atoms with Crippen molar-refractivity contribution in [2.45, 2.75) is 0 Å². The Kier molecular flexibility index (Phi) is 1.30. The predicted molar refractivity (Wildman–Crippen MR) is 29.4 cm³/mol. The molecular formula is C4H3ClN2O. The Balaban J connectivity index is 3.00. The van der Waals surface area contributed by atoms with E-state index in [2.05, 4.69) is 4.98 Å². The van der Waals surface area contributed by atoms with Crippen LogP contribution in [0, 0.1) is 0 Å². The van der Waals surface area contributed by atoms with E-state index >= 15 is 0 Å². The van der Waals surface area contributed by atoms with Crippen LogP contribution in [0.4, 0.5) is 0 Å². The van der Waals surface area contributed by atoms with E-state index in [9.17, 15) is 4.79 Å². The molecule has 0 radical (unpaired) electrons. The Hall–Kier alpha value is -0.830. The van der Waals surface area contributed by atoms with Gasteiger partial charge in [-0.3, -0.25) is 9.36 Å². The summed E-state index contributed by atoms with van der Waals surface area (Å²) in [6.45, 7) is 0. The van der Waals surface area contributed by atoms with Gasteiger partial charge < -0.3 is 0 Å². The molecule has 0 spiro atoms. The van der Waals surface area contributed by atoms with Crippen LogP contribution >= 0.6 is 11.6 Å². The number of rotatable bonds is 1. The van der Waals surface area contributed by atoms with Gasteiger partial charge in [0.05, 0.1) is 6.20 Å². The molecule has 3 nitrogen and oxygen atoms in total. The number of carbonyl (C=O) groups excluding carboxylic acids is 1. The third-order valence-electron chi connectivity index (χ3n) is 0.692. The van der Waals surface area contributed by atoms with Crippen molar-refractivity contribution in [1.29, 1.82) is 0 Å². The van der Waals surface area contributed by atoms with E-state index < -0.39 is 0 Å². The fourth-order valence-electron chi connectivity index (χ4n) is 0.369. The number of aromatic nitrogens is 2. The van der Waals surface area contributed by atoms with Crippen molar-refractivity contribution in [2.75, 3.05) is 0 Å². The zero-order valence-corrected chi connectivity index (χ0v) is 4.67. The number of imidazole rings is 1. The number of carbonyl (C=O) groups is 1. The Morgan fingerprint density at radius 1 is 1.88 bits per heavy atom. The van der Waals surface area contributed by atoms with E-state index in [1.807, 2.05) is 0 Å². The molecule has 0 saturated carbocycles. The summed E-state index contributed by atoms with van der Waals surface area (Å²) in [7, 11) is 0. The monoisotopic (exact) mass is 130 g/mol. The molecule has 0 fully saturated rings. The minimum atomic E-state index is 0.331. The van der Waals surface area contributed by atoms with Gasteiger partial charge in [-0.1, -0.05) is 11.6 Å². The second-order valence-electron chi connectivity index (χ2n) is 1.25. The van der Waals surface area contributed by atoms with Gasteiger partial charge in [0.15, 0.2) is 0 Å². The zero-order valence-electron chi connectivity index (χ0n) is 3.91. The highest BCUT2D eigenvalue weighted by atomic mass is 35.5. The molecule has 1 rings (SSSR count). The molecule has 0 aliphatic rings. The maximum absolute atomic E-state index is 9.88. The molecule has 1 heterocycles. The van der Waals surface area contributed by atoms with E-state index in [1.54, 1.807) is 0 Å². The number of nitrogens with zero attached hydrogens (tertiary/aromatic N) is 2.